The van der Waals surface area contributed by atoms with Gasteiger partial charge in [0.2, 0.25) is 5.91 Å². The van der Waals surface area contributed by atoms with Gasteiger partial charge in [-0.25, -0.2) is 0 Å². The highest BCUT2D eigenvalue weighted by atomic mass is 127. The predicted molar refractivity (Wildman–Crippen MR) is 116 cm³/mol. The summed E-state index contributed by atoms with van der Waals surface area (Å²) in [6, 6.07) is 8.08. The van der Waals surface area contributed by atoms with Crippen LogP contribution in [0.4, 0.5) is 5.69 Å². The molecule has 1 atom stereocenters. The Morgan fingerprint density at radius 2 is 1.88 bits per heavy atom. The summed E-state index contributed by atoms with van der Waals surface area (Å²) in [7, 11) is 1.82. The lowest BCUT2D eigenvalue weighted by Crippen LogP contribution is -2.43. The Hall–Kier alpha value is -1.31. The Labute approximate surface area is 172 Å². The van der Waals surface area contributed by atoms with E-state index in [0.29, 0.717) is 6.42 Å². The minimum absolute atomic E-state index is 0. The highest BCUT2D eigenvalue weighted by Crippen LogP contribution is 2.48. The van der Waals surface area contributed by atoms with Crippen molar-refractivity contribution in [3.8, 4) is 0 Å². The van der Waals surface area contributed by atoms with Crippen molar-refractivity contribution < 1.29 is 4.79 Å². The molecule has 2 fully saturated rings. The van der Waals surface area contributed by atoms with Crippen molar-refractivity contribution in [3.05, 3.63) is 29.8 Å². The van der Waals surface area contributed by atoms with E-state index in [4.69, 9.17) is 0 Å². The highest BCUT2D eigenvalue weighted by Gasteiger charge is 2.41. The molecule has 0 aromatic heterocycles. The van der Waals surface area contributed by atoms with Crippen molar-refractivity contribution in [3.63, 3.8) is 0 Å². The summed E-state index contributed by atoms with van der Waals surface area (Å²) in [6.07, 6.45) is 6.14. The summed E-state index contributed by atoms with van der Waals surface area (Å²) in [4.78, 5) is 16.3. The number of para-hydroxylation sites is 1. The maximum atomic E-state index is 11.9. The topological polar surface area (TPSA) is 65.5 Å². The molecule has 0 saturated heterocycles. The number of benzene rings is 1. The second kappa shape index (κ2) is 8.59. The van der Waals surface area contributed by atoms with Gasteiger partial charge in [-0.2, -0.15) is 0 Å². The third kappa shape index (κ3) is 4.69. The van der Waals surface area contributed by atoms with Crippen LogP contribution in [0, 0.1) is 17.8 Å². The van der Waals surface area contributed by atoms with Gasteiger partial charge in [0, 0.05) is 38.2 Å². The summed E-state index contributed by atoms with van der Waals surface area (Å²) in [5.74, 6) is 3.83. The van der Waals surface area contributed by atoms with Crippen LogP contribution in [0.5, 0.6) is 0 Å². The van der Waals surface area contributed by atoms with Crippen LogP contribution in [0.15, 0.2) is 29.3 Å². The third-order valence-corrected chi connectivity index (χ3v) is 5.81. The van der Waals surface area contributed by atoms with Crippen LogP contribution >= 0.6 is 24.0 Å². The number of guanidine groups is 1. The van der Waals surface area contributed by atoms with E-state index < -0.39 is 0 Å². The molecule has 1 aromatic rings. The van der Waals surface area contributed by atoms with Crippen LogP contribution in [-0.2, 0) is 4.79 Å². The van der Waals surface area contributed by atoms with Crippen molar-refractivity contribution in [2.24, 2.45) is 22.7 Å². The Kier molecular flexibility index (Phi) is 6.42. The number of anilines is 1. The van der Waals surface area contributed by atoms with Crippen LogP contribution in [0.1, 0.15) is 43.6 Å². The fraction of sp³-hybridized carbons (Fsp3) is 0.600. The largest absolute Gasteiger partial charge is 0.356 e. The van der Waals surface area contributed by atoms with Gasteiger partial charge >= 0.3 is 0 Å². The van der Waals surface area contributed by atoms with Gasteiger partial charge in [-0.15, -0.1) is 24.0 Å². The molecule has 0 radical (unpaired) electrons. The molecule has 3 aliphatic rings. The normalized spacial score (nSPS) is 22.3. The molecule has 4 rings (SSSR count). The van der Waals surface area contributed by atoms with Crippen molar-refractivity contribution in [2.45, 2.75) is 38.0 Å². The molecule has 0 bridgehead atoms. The number of hydrogen-bond acceptors (Lipinski definition) is 2. The van der Waals surface area contributed by atoms with Crippen molar-refractivity contribution in [1.82, 2.24) is 10.6 Å². The van der Waals surface area contributed by atoms with Crippen molar-refractivity contribution in [1.29, 1.82) is 0 Å². The minimum Gasteiger partial charge on any atom is -0.356 e. The first-order valence-electron chi connectivity index (χ1n) is 9.58. The van der Waals surface area contributed by atoms with E-state index in [0.717, 1.165) is 42.5 Å². The fourth-order valence-corrected chi connectivity index (χ4v) is 4.11. The summed E-state index contributed by atoms with van der Waals surface area (Å²) in [5, 5.41) is 9.92. The number of hydrogen-bond donors (Lipinski definition) is 3. The van der Waals surface area contributed by atoms with Crippen molar-refractivity contribution in [2.75, 3.05) is 25.5 Å². The molecule has 1 amide bonds. The molecule has 2 aliphatic carbocycles. The maximum absolute atomic E-state index is 11.9. The Balaban J connectivity index is 0.00000196. The first kappa shape index (κ1) is 19.5. The van der Waals surface area contributed by atoms with Gasteiger partial charge in [0.1, 0.15) is 0 Å². The number of fused-ring (bicyclic) bond motifs is 1. The number of carbonyl (C=O) groups is 1. The third-order valence-electron chi connectivity index (χ3n) is 5.81. The smallest absolute Gasteiger partial charge is 0.225 e. The number of amides is 1. The lowest BCUT2D eigenvalue weighted by Gasteiger charge is -2.26. The second-order valence-corrected chi connectivity index (χ2v) is 7.71. The van der Waals surface area contributed by atoms with Gasteiger partial charge in [0.25, 0.3) is 0 Å². The highest BCUT2D eigenvalue weighted by molar-refractivity contribution is 14.0. The zero-order chi connectivity index (χ0) is 17.2. The van der Waals surface area contributed by atoms with E-state index >= 15 is 0 Å². The van der Waals surface area contributed by atoms with Crippen LogP contribution in [0.2, 0.25) is 0 Å². The summed E-state index contributed by atoms with van der Waals surface area (Å²) in [6.45, 7) is 1.75. The maximum Gasteiger partial charge on any atom is 0.225 e. The molecule has 2 saturated carbocycles. The fourth-order valence-electron chi connectivity index (χ4n) is 4.11. The van der Waals surface area contributed by atoms with E-state index in [2.05, 4.69) is 27.0 Å². The molecule has 1 aromatic carbocycles. The van der Waals surface area contributed by atoms with E-state index in [9.17, 15) is 4.79 Å². The number of carbonyl (C=O) groups excluding carboxylic acids is 1. The monoisotopic (exact) mass is 468 g/mol. The van der Waals surface area contributed by atoms with Crippen LogP contribution in [0.3, 0.4) is 0 Å². The zero-order valence-corrected chi connectivity index (χ0v) is 17.7. The van der Waals surface area contributed by atoms with Crippen LogP contribution in [0.25, 0.3) is 0 Å². The molecular weight excluding hydrogens is 439 g/mol. The Morgan fingerprint density at radius 3 is 2.54 bits per heavy atom. The molecule has 26 heavy (non-hydrogen) atoms. The quantitative estimate of drug-likeness (QED) is 0.341. The first-order valence-corrected chi connectivity index (χ1v) is 9.58. The summed E-state index contributed by atoms with van der Waals surface area (Å²) < 4.78 is 0. The molecule has 6 heteroatoms. The number of halogens is 1. The number of aliphatic imine (C=N–C) groups is 1. The average molecular weight is 468 g/mol. The van der Waals surface area contributed by atoms with Gasteiger partial charge in [-0.3, -0.25) is 9.79 Å². The van der Waals surface area contributed by atoms with Gasteiger partial charge < -0.3 is 16.0 Å². The number of rotatable bonds is 6. The Bertz CT molecular complexity index is 658. The van der Waals surface area contributed by atoms with Crippen LogP contribution < -0.4 is 16.0 Å². The second-order valence-electron chi connectivity index (χ2n) is 7.71. The molecule has 0 spiro atoms. The molecule has 1 heterocycles. The average Bonchev–Trinajstić information content (AvgIpc) is 3.51. The van der Waals surface area contributed by atoms with Crippen LogP contribution in [-0.4, -0.2) is 32.0 Å². The molecule has 142 valence electrons. The van der Waals surface area contributed by atoms with Gasteiger partial charge in [-0.1, -0.05) is 18.2 Å². The zero-order valence-electron chi connectivity index (χ0n) is 15.3. The standard InChI is InChI=1S/C20H28N4O.HI/c1-21-20(23-12-17(13-6-7-13)14-8-9-14)22-11-15-10-19(25)24-18-5-3-2-4-16(15)18;/h2-5,13-15,17H,6-12H2,1H3,(H,24,25)(H2,21,22,23);1H. The lowest BCUT2D eigenvalue weighted by molar-refractivity contribution is -0.116. The first-order chi connectivity index (χ1) is 12.2. The number of nitrogens with one attached hydrogen (secondary N) is 3. The Morgan fingerprint density at radius 1 is 1.19 bits per heavy atom. The molecule has 1 aliphatic heterocycles. The molecule has 3 N–H and O–H groups in total. The van der Waals surface area contributed by atoms with E-state index in [1.54, 1.807) is 0 Å². The summed E-state index contributed by atoms with van der Waals surface area (Å²) >= 11 is 0. The summed E-state index contributed by atoms with van der Waals surface area (Å²) in [5.41, 5.74) is 2.15. The molecular formula is C20H29IN4O. The van der Waals surface area contributed by atoms with E-state index in [1.165, 1.54) is 31.2 Å². The van der Waals surface area contributed by atoms with Gasteiger partial charge in [0.15, 0.2) is 5.96 Å². The van der Waals surface area contributed by atoms with E-state index in [-0.39, 0.29) is 35.8 Å². The van der Waals surface area contributed by atoms with Gasteiger partial charge in [0.05, 0.1) is 0 Å². The minimum atomic E-state index is 0. The SMILES string of the molecule is CN=C(NCC1CC(=O)Nc2ccccc21)NCC(C1CC1)C1CC1.I. The van der Waals surface area contributed by atoms with Gasteiger partial charge in [-0.05, 0) is 55.1 Å². The number of nitrogens with zero attached hydrogens (tertiary/aromatic N) is 1. The van der Waals surface area contributed by atoms with E-state index in [1.807, 2.05) is 25.2 Å². The molecule has 5 nitrogen and oxygen atoms in total. The predicted octanol–water partition coefficient (Wildman–Crippen LogP) is 3.33. The lowest BCUT2D eigenvalue weighted by atomic mass is 9.90. The van der Waals surface area contributed by atoms with Crippen molar-refractivity contribution >= 4 is 41.5 Å². The molecule has 1 unspecified atom stereocenters.